The summed E-state index contributed by atoms with van der Waals surface area (Å²) in [7, 11) is 0. The predicted octanol–water partition coefficient (Wildman–Crippen LogP) is 5.35. The van der Waals surface area contributed by atoms with Crippen LogP contribution >= 0.6 is 27.5 Å². The number of nitrogens with zero attached hydrogens (tertiary/aromatic N) is 1. The van der Waals surface area contributed by atoms with E-state index in [9.17, 15) is 4.79 Å². The van der Waals surface area contributed by atoms with Gasteiger partial charge in [-0.15, -0.1) is 0 Å². The monoisotopic (exact) mass is 355 g/mol. The van der Waals surface area contributed by atoms with Gasteiger partial charge in [-0.1, -0.05) is 41.4 Å². The van der Waals surface area contributed by atoms with Gasteiger partial charge >= 0.3 is 0 Å². The lowest BCUT2D eigenvalue weighted by Crippen LogP contribution is -2.03. The van der Waals surface area contributed by atoms with Crippen molar-refractivity contribution in [3.8, 4) is 5.69 Å². The number of benzene rings is 1. The minimum absolute atomic E-state index is 0.100. The first-order valence-electron chi connectivity index (χ1n) is 6.58. The quantitative estimate of drug-likeness (QED) is 0.536. The first kappa shape index (κ1) is 17.0. The van der Waals surface area contributed by atoms with Gasteiger partial charge in [-0.2, -0.15) is 0 Å². The third kappa shape index (κ3) is 3.53. The van der Waals surface area contributed by atoms with E-state index in [1.54, 1.807) is 0 Å². The van der Waals surface area contributed by atoms with Crippen LogP contribution in [0.15, 0.2) is 30.3 Å². The fraction of sp³-hybridized carbons (Fsp3) is 0.312. The number of carbonyl (C=O) groups is 1. The maximum atomic E-state index is 11.8. The minimum Gasteiger partial charge on any atom is -0.318 e. The van der Waals surface area contributed by atoms with Crippen LogP contribution in [0.4, 0.5) is 0 Å². The molecule has 0 bridgehead atoms. The fourth-order valence-corrected chi connectivity index (χ4v) is 2.53. The molecule has 0 unspecified atom stereocenters. The zero-order valence-corrected chi connectivity index (χ0v) is 14.5. The molecule has 20 heavy (non-hydrogen) atoms. The Morgan fingerprint density at radius 2 is 1.75 bits per heavy atom. The van der Waals surface area contributed by atoms with Crippen molar-refractivity contribution >= 4 is 33.3 Å². The highest BCUT2D eigenvalue weighted by Gasteiger charge is 2.15. The first-order valence-corrected chi connectivity index (χ1v) is 8.08. The van der Waals surface area contributed by atoms with Crippen molar-refractivity contribution in [1.29, 1.82) is 0 Å². The number of aryl methyl sites for hydroxylation is 1. The van der Waals surface area contributed by atoms with E-state index >= 15 is 0 Å². The Morgan fingerprint density at radius 3 is 2.25 bits per heavy atom. The molecular weight excluding hydrogens is 338 g/mol. The summed E-state index contributed by atoms with van der Waals surface area (Å²) < 4.78 is 2.06. The van der Waals surface area contributed by atoms with Crippen molar-refractivity contribution in [3.63, 3.8) is 0 Å². The van der Waals surface area contributed by atoms with Crippen molar-refractivity contribution in [2.45, 2.75) is 27.7 Å². The van der Waals surface area contributed by atoms with Gasteiger partial charge in [0.1, 0.15) is 0 Å². The second-order valence-corrected chi connectivity index (χ2v) is 5.15. The van der Waals surface area contributed by atoms with Gasteiger partial charge in [-0.25, -0.2) is 0 Å². The topological polar surface area (TPSA) is 22.0 Å². The van der Waals surface area contributed by atoms with Gasteiger partial charge in [-0.05, 0) is 44.2 Å². The van der Waals surface area contributed by atoms with Crippen LogP contribution in [0.3, 0.4) is 0 Å². The van der Waals surface area contributed by atoms with Gasteiger partial charge in [0, 0.05) is 27.7 Å². The molecule has 2 rings (SSSR count). The molecule has 2 nitrogen and oxygen atoms in total. The van der Waals surface area contributed by atoms with Crippen molar-refractivity contribution in [2.75, 3.05) is 5.33 Å². The van der Waals surface area contributed by atoms with Crippen molar-refractivity contribution in [2.24, 2.45) is 0 Å². The molecule has 0 aliphatic heterocycles. The molecule has 1 aromatic heterocycles. The summed E-state index contributed by atoms with van der Waals surface area (Å²) in [4.78, 5) is 11.8. The Kier molecular flexibility index (Phi) is 6.50. The molecule has 2 aromatic rings. The van der Waals surface area contributed by atoms with Crippen LogP contribution in [0.25, 0.3) is 5.69 Å². The molecule has 0 radical (unpaired) electrons. The van der Waals surface area contributed by atoms with Gasteiger partial charge in [0.05, 0.1) is 5.33 Å². The number of Topliss-reactive ketones (excluding diaryl/α,β-unsaturated/α-hetero) is 1. The van der Waals surface area contributed by atoms with Crippen LogP contribution in [0.5, 0.6) is 0 Å². The van der Waals surface area contributed by atoms with Crippen LogP contribution in [0.1, 0.15) is 35.6 Å². The average molecular weight is 357 g/mol. The lowest BCUT2D eigenvalue weighted by Gasteiger charge is -2.09. The third-order valence-electron chi connectivity index (χ3n) is 2.94. The molecule has 0 atom stereocenters. The average Bonchev–Trinajstić information content (AvgIpc) is 2.77. The summed E-state index contributed by atoms with van der Waals surface area (Å²) in [5.41, 5.74) is 3.78. The Hall–Kier alpha value is -1.06. The number of halogens is 2. The highest BCUT2D eigenvalue weighted by Crippen LogP contribution is 2.22. The van der Waals surface area contributed by atoms with Crippen LogP contribution in [0, 0.1) is 13.8 Å². The number of hydrogen-bond donors (Lipinski definition) is 0. The zero-order chi connectivity index (χ0) is 15.3. The van der Waals surface area contributed by atoms with E-state index in [1.165, 1.54) is 0 Å². The van der Waals surface area contributed by atoms with E-state index in [0.29, 0.717) is 10.4 Å². The maximum absolute atomic E-state index is 11.8. The van der Waals surface area contributed by atoms with E-state index in [1.807, 2.05) is 58.0 Å². The molecule has 0 aliphatic carbocycles. The lowest BCUT2D eigenvalue weighted by atomic mass is 10.2. The summed E-state index contributed by atoms with van der Waals surface area (Å²) in [5, 5.41) is 1.05. The Bertz CT molecular complexity index is 587. The molecule has 1 aromatic carbocycles. The van der Waals surface area contributed by atoms with E-state index in [4.69, 9.17) is 11.6 Å². The predicted molar refractivity (Wildman–Crippen MR) is 89.7 cm³/mol. The first-order chi connectivity index (χ1) is 9.54. The molecule has 0 aliphatic rings. The molecule has 0 saturated carbocycles. The standard InChI is InChI=1S/C14H13BrClNO.C2H6/c1-9-7-13(14(18)8-15)10(2)17(9)12-5-3-11(16)4-6-12;1-2/h3-7H,8H2,1-2H3;1-2H3. The summed E-state index contributed by atoms with van der Waals surface area (Å²) in [6, 6.07) is 9.52. The molecule has 0 N–H and O–H groups in total. The molecule has 108 valence electrons. The number of ketones is 1. The lowest BCUT2D eigenvalue weighted by molar-refractivity contribution is 0.102. The molecule has 1 heterocycles. The van der Waals surface area contributed by atoms with E-state index in [2.05, 4.69) is 20.5 Å². The van der Waals surface area contributed by atoms with Crippen LogP contribution in [-0.4, -0.2) is 15.7 Å². The molecule has 0 saturated heterocycles. The zero-order valence-electron chi connectivity index (χ0n) is 12.2. The number of alkyl halides is 1. The van der Waals surface area contributed by atoms with E-state index < -0.39 is 0 Å². The highest BCUT2D eigenvalue weighted by atomic mass is 79.9. The van der Waals surface area contributed by atoms with E-state index in [-0.39, 0.29) is 5.78 Å². The van der Waals surface area contributed by atoms with Crippen molar-refractivity contribution < 1.29 is 4.79 Å². The normalized spacial score (nSPS) is 9.90. The van der Waals surface area contributed by atoms with Crippen molar-refractivity contribution in [3.05, 3.63) is 52.3 Å². The smallest absolute Gasteiger partial charge is 0.175 e. The molecule has 4 heteroatoms. The maximum Gasteiger partial charge on any atom is 0.175 e. The molecular formula is C16H19BrClNO. The summed E-state index contributed by atoms with van der Waals surface area (Å²) in [6.07, 6.45) is 0. The van der Waals surface area contributed by atoms with E-state index in [0.717, 1.165) is 22.6 Å². The van der Waals surface area contributed by atoms with Gasteiger partial charge in [0.2, 0.25) is 0 Å². The number of carbonyl (C=O) groups excluding carboxylic acids is 1. The van der Waals surface area contributed by atoms with Gasteiger partial charge in [0.25, 0.3) is 0 Å². The minimum atomic E-state index is 0.100. The van der Waals surface area contributed by atoms with Crippen LogP contribution in [-0.2, 0) is 0 Å². The largest absolute Gasteiger partial charge is 0.318 e. The molecule has 0 fully saturated rings. The second-order valence-electron chi connectivity index (χ2n) is 4.15. The second kappa shape index (κ2) is 7.65. The SMILES string of the molecule is CC.Cc1cc(C(=O)CBr)c(C)n1-c1ccc(Cl)cc1. The summed E-state index contributed by atoms with van der Waals surface area (Å²) >= 11 is 9.10. The van der Waals surface area contributed by atoms with Crippen molar-refractivity contribution in [1.82, 2.24) is 4.57 Å². The Morgan fingerprint density at radius 1 is 1.20 bits per heavy atom. The van der Waals surface area contributed by atoms with Gasteiger partial charge in [0.15, 0.2) is 5.78 Å². The Labute approximate surface area is 133 Å². The van der Waals surface area contributed by atoms with Gasteiger partial charge < -0.3 is 4.57 Å². The summed E-state index contributed by atoms with van der Waals surface area (Å²) in [5.74, 6) is 0.100. The molecule has 0 spiro atoms. The van der Waals surface area contributed by atoms with Crippen LogP contribution in [0.2, 0.25) is 5.02 Å². The highest BCUT2D eigenvalue weighted by molar-refractivity contribution is 9.09. The number of rotatable bonds is 3. The van der Waals surface area contributed by atoms with Crippen LogP contribution < -0.4 is 0 Å². The van der Waals surface area contributed by atoms with Gasteiger partial charge in [-0.3, -0.25) is 4.79 Å². The fourth-order valence-electron chi connectivity index (χ4n) is 2.10. The third-order valence-corrected chi connectivity index (χ3v) is 3.70. The number of aromatic nitrogens is 1. The summed E-state index contributed by atoms with van der Waals surface area (Å²) in [6.45, 7) is 7.95. The number of hydrogen-bond acceptors (Lipinski definition) is 1. The Balaban J connectivity index is 0.000000956. The molecule has 0 amide bonds.